The molecule has 0 amide bonds. The maximum absolute atomic E-state index is 5.77. The fourth-order valence-electron chi connectivity index (χ4n) is 2.37. The van der Waals surface area contributed by atoms with Crippen molar-refractivity contribution in [2.75, 3.05) is 19.0 Å². The molecule has 0 saturated carbocycles. The van der Waals surface area contributed by atoms with Gasteiger partial charge in [-0.15, -0.1) is 11.6 Å². The molecule has 1 aliphatic heterocycles. The van der Waals surface area contributed by atoms with Crippen molar-refractivity contribution in [1.29, 1.82) is 0 Å². The Bertz CT molecular complexity index is 202. The van der Waals surface area contributed by atoms with Gasteiger partial charge >= 0.3 is 0 Å². The highest BCUT2D eigenvalue weighted by atomic mass is 35.5. The lowest BCUT2D eigenvalue weighted by atomic mass is 9.86. The van der Waals surface area contributed by atoms with E-state index in [4.69, 9.17) is 11.6 Å². The van der Waals surface area contributed by atoms with Gasteiger partial charge < -0.3 is 0 Å². The van der Waals surface area contributed by atoms with E-state index in [-0.39, 0.29) is 0 Å². The maximum atomic E-state index is 5.77. The second-order valence-corrected chi connectivity index (χ2v) is 5.14. The van der Waals surface area contributed by atoms with Gasteiger partial charge in [-0.05, 0) is 30.8 Å². The zero-order valence-electron chi connectivity index (χ0n) is 9.59. The Balaban J connectivity index is 2.53. The van der Waals surface area contributed by atoms with Crippen molar-refractivity contribution >= 4 is 11.6 Å². The third-order valence-electron chi connectivity index (χ3n) is 3.34. The molecule has 14 heavy (non-hydrogen) atoms. The van der Waals surface area contributed by atoms with Crippen molar-refractivity contribution in [1.82, 2.24) is 4.90 Å². The Labute approximate surface area is 93.1 Å². The lowest BCUT2D eigenvalue weighted by molar-refractivity contribution is 0.0892. The molecule has 2 heteroatoms. The second-order valence-electron chi connectivity index (χ2n) is 4.87. The number of hydrogen-bond donors (Lipinski definition) is 0. The summed E-state index contributed by atoms with van der Waals surface area (Å²) in [6.45, 7) is 13.1. The van der Waals surface area contributed by atoms with Gasteiger partial charge in [-0.1, -0.05) is 20.4 Å². The highest BCUT2D eigenvalue weighted by molar-refractivity contribution is 6.19. The largest absolute Gasteiger partial charge is 0.296 e. The van der Waals surface area contributed by atoms with Crippen LogP contribution in [-0.2, 0) is 0 Å². The maximum Gasteiger partial charge on any atom is 0.0443 e. The molecule has 0 aromatic heterocycles. The average molecular weight is 216 g/mol. The van der Waals surface area contributed by atoms with Gasteiger partial charge in [0.25, 0.3) is 0 Å². The van der Waals surface area contributed by atoms with Crippen LogP contribution < -0.4 is 0 Å². The van der Waals surface area contributed by atoms with E-state index in [1.165, 1.54) is 13.0 Å². The van der Waals surface area contributed by atoms with E-state index < -0.39 is 0 Å². The molecule has 1 nitrogen and oxygen atoms in total. The van der Waals surface area contributed by atoms with Crippen molar-refractivity contribution in [2.24, 2.45) is 11.8 Å². The molecule has 3 atom stereocenters. The molecule has 3 unspecified atom stereocenters. The molecule has 0 radical (unpaired) electrons. The first-order chi connectivity index (χ1) is 6.54. The summed E-state index contributed by atoms with van der Waals surface area (Å²) in [5.41, 5.74) is 1.14. The normalized spacial score (nSPS) is 34.4. The molecule has 82 valence electrons. The van der Waals surface area contributed by atoms with Crippen LogP contribution in [0.3, 0.4) is 0 Å². The zero-order valence-corrected chi connectivity index (χ0v) is 10.3. The van der Waals surface area contributed by atoms with Crippen molar-refractivity contribution in [3.63, 3.8) is 0 Å². The minimum Gasteiger partial charge on any atom is -0.296 e. The van der Waals surface area contributed by atoms with E-state index in [1.807, 2.05) is 0 Å². The number of rotatable bonds is 3. The Morgan fingerprint density at radius 2 is 2.07 bits per heavy atom. The lowest BCUT2D eigenvalue weighted by Crippen LogP contribution is -2.46. The summed E-state index contributed by atoms with van der Waals surface area (Å²) in [5, 5.41) is 0. The lowest BCUT2D eigenvalue weighted by Gasteiger charge is -2.41. The van der Waals surface area contributed by atoms with Crippen molar-refractivity contribution in [3.05, 3.63) is 12.2 Å². The fourth-order valence-corrected chi connectivity index (χ4v) is 2.46. The standard InChI is InChI=1S/C12H22ClN/c1-9-5-11(3)12(4)14(7-9)8-10(2)6-13/h9,11-12H,2,5-8H2,1,3-4H3. The molecular weight excluding hydrogens is 194 g/mol. The number of nitrogens with zero attached hydrogens (tertiary/aromatic N) is 1. The van der Waals surface area contributed by atoms with E-state index >= 15 is 0 Å². The molecule has 0 aliphatic carbocycles. The number of halogens is 1. The molecule has 0 spiro atoms. The average Bonchev–Trinajstić information content (AvgIpc) is 2.13. The summed E-state index contributed by atoms with van der Waals surface area (Å²) in [6.07, 6.45) is 1.35. The summed E-state index contributed by atoms with van der Waals surface area (Å²) < 4.78 is 0. The Morgan fingerprint density at radius 3 is 2.64 bits per heavy atom. The van der Waals surface area contributed by atoms with E-state index in [9.17, 15) is 0 Å². The van der Waals surface area contributed by atoms with Gasteiger partial charge in [-0.2, -0.15) is 0 Å². The van der Waals surface area contributed by atoms with Gasteiger partial charge in [0, 0.05) is 25.0 Å². The van der Waals surface area contributed by atoms with Gasteiger partial charge in [0.1, 0.15) is 0 Å². The highest BCUT2D eigenvalue weighted by Crippen LogP contribution is 2.27. The second kappa shape index (κ2) is 5.18. The molecule has 0 aromatic rings. The number of piperidine rings is 1. The van der Waals surface area contributed by atoms with Crippen LogP contribution in [0.25, 0.3) is 0 Å². The van der Waals surface area contributed by atoms with Gasteiger partial charge in [-0.25, -0.2) is 0 Å². The van der Waals surface area contributed by atoms with Crippen LogP contribution in [-0.4, -0.2) is 29.9 Å². The summed E-state index contributed by atoms with van der Waals surface area (Å²) in [6, 6.07) is 0.672. The summed E-state index contributed by atoms with van der Waals surface area (Å²) in [4.78, 5) is 2.52. The monoisotopic (exact) mass is 215 g/mol. The van der Waals surface area contributed by atoms with Crippen molar-refractivity contribution in [3.8, 4) is 0 Å². The first-order valence-electron chi connectivity index (χ1n) is 5.51. The quantitative estimate of drug-likeness (QED) is 0.517. The van der Waals surface area contributed by atoms with Crippen molar-refractivity contribution in [2.45, 2.75) is 33.2 Å². The number of hydrogen-bond acceptors (Lipinski definition) is 1. The van der Waals surface area contributed by atoms with Gasteiger partial charge in [0.2, 0.25) is 0 Å². The van der Waals surface area contributed by atoms with E-state index in [1.54, 1.807) is 0 Å². The predicted molar refractivity (Wildman–Crippen MR) is 63.8 cm³/mol. The summed E-state index contributed by atoms with van der Waals surface area (Å²) in [5.74, 6) is 2.19. The third kappa shape index (κ3) is 2.99. The third-order valence-corrected chi connectivity index (χ3v) is 3.71. The molecule has 1 aliphatic rings. The van der Waals surface area contributed by atoms with Crippen LogP contribution in [0.15, 0.2) is 12.2 Å². The first-order valence-corrected chi connectivity index (χ1v) is 6.04. The smallest absolute Gasteiger partial charge is 0.0443 e. The van der Waals surface area contributed by atoms with Crippen LogP contribution in [0.5, 0.6) is 0 Å². The van der Waals surface area contributed by atoms with Crippen LogP contribution in [0.1, 0.15) is 27.2 Å². The fraction of sp³-hybridized carbons (Fsp3) is 0.833. The minimum atomic E-state index is 0.589. The van der Waals surface area contributed by atoms with Crippen LogP contribution in [0.2, 0.25) is 0 Å². The van der Waals surface area contributed by atoms with Crippen LogP contribution in [0.4, 0.5) is 0 Å². The predicted octanol–water partition coefficient (Wildman–Crippen LogP) is 3.15. The Hall–Kier alpha value is -0.0100. The SMILES string of the molecule is C=C(CCl)CN1CC(C)CC(C)C1C. The molecule has 0 N–H and O–H groups in total. The van der Waals surface area contributed by atoms with E-state index in [0.29, 0.717) is 11.9 Å². The van der Waals surface area contributed by atoms with Gasteiger partial charge in [0.15, 0.2) is 0 Å². The summed E-state index contributed by atoms with van der Waals surface area (Å²) in [7, 11) is 0. The van der Waals surface area contributed by atoms with Gasteiger partial charge in [0.05, 0.1) is 0 Å². The topological polar surface area (TPSA) is 3.24 Å². The van der Waals surface area contributed by atoms with Crippen LogP contribution >= 0.6 is 11.6 Å². The molecule has 1 saturated heterocycles. The first kappa shape index (κ1) is 12.1. The zero-order chi connectivity index (χ0) is 10.7. The molecule has 1 rings (SSSR count). The molecule has 0 aromatic carbocycles. The van der Waals surface area contributed by atoms with E-state index in [2.05, 4.69) is 32.3 Å². The Morgan fingerprint density at radius 1 is 1.43 bits per heavy atom. The number of alkyl halides is 1. The highest BCUT2D eigenvalue weighted by Gasteiger charge is 2.28. The molecule has 1 fully saturated rings. The van der Waals surface area contributed by atoms with Crippen molar-refractivity contribution < 1.29 is 0 Å². The van der Waals surface area contributed by atoms with Crippen LogP contribution in [0, 0.1) is 11.8 Å². The molecular formula is C12H22ClN. The molecule has 1 heterocycles. The van der Waals surface area contributed by atoms with E-state index in [0.717, 1.165) is 24.0 Å². The molecule has 0 bridgehead atoms. The summed E-state index contributed by atoms with van der Waals surface area (Å²) >= 11 is 5.77. The Kier molecular flexibility index (Phi) is 4.46. The number of likely N-dealkylation sites (tertiary alicyclic amines) is 1. The minimum absolute atomic E-state index is 0.589. The van der Waals surface area contributed by atoms with Gasteiger partial charge in [-0.3, -0.25) is 4.90 Å².